The van der Waals surface area contributed by atoms with Crippen molar-refractivity contribution in [3.63, 3.8) is 0 Å². The lowest BCUT2D eigenvalue weighted by atomic mass is 10.2. The molecule has 0 saturated heterocycles. The summed E-state index contributed by atoms with van der Waals surface area (Å²) in [4.78, 5) is 4.15. The molecule has 0 spiro atoms. The molecule has 0 atom stereocenters. The molecule has 2 aromatic carbocycles. The van der Waals surface area contributed by atoms with E-state index in [0.29, 0.717) is 36.1 Å². The van der Waals surface area contributed by atoms with E-state index in [9.17, 15) is 4.39 Å². The maximum Gasteiger partial charge on any atom is 0.191 e. The molecule has 2 aromatic rings. The van der Waals surface area contributed by atoms with Crippen molar-refractivity contribution in [3.05, 3.63) is 57.8 Å². The summed E-state index contributed by atoms with van der Waals surface area (Å²) >= 11 is 3.47. The van der Waals surface area contributed by atoms with Gasteiger partial charge in [-0.25, -0.2) is 4.39 Å². The zero-order valence-corrected chi connectivity index (χ0v) is 18.7. The number of benzene rings is 2. The van der Waals surface area contributed by atoms with Gasteiger partial charge in [-0.3, -0.25) is 4.99 Å². The van der Waals surface area contributed by atoms with Crippen molar-refractivity contribution >= 4 is 45.9 Å². The summed E-state index contributed by atoms with van der Waals surface area (Å²) in [7, 11) is 4.85. The van der Waals surface area contributed by atoms with Crippen molar-refractivity contribution in [1.29, 1.82) is 0 Å². The SMILES string of the molecule is CN=C(NCc1cc(Br)c(OC)c(OC)c1)NCc1ccccc1F.I. The number of nitrogens with one attached hydrogen (secondary N) is 2. The summed E-state index contributed by atoms with van der Waals surface area (Å²) in [5.74, 6) is 1.62. The van der Waals surface area contributed by atoms with Crippen molar-refractivity contribution in [2.24, 2.45) is 4.99 Å². The Labute approximate surface area is 178 Å². The van der Waals surface area contributed by atoms with E-state index in [2.05, 4.69) is 31.6 Å². The van der Waals surface area contributed by atoms with Gasteiger partial charge in [-0.05, 0) is 39.7 Å². The highest BCUT2D eigenvalue weighted by Crippen LogP contribution is 2.36. The van der Waals surface area contributed by atoms with Crippen LogP contribution < -0.4 is 20.1 Å². The van der Waals surface area contributed by atoms with Crippen LogP contribution in [0.1, 0.15) is 11.1 Å². The predicted molar refractivity (Wildman–Crippen MR) is 116 cm³/mol. The Balaban J connectivity index is 0.00000338. The van der Waals surface area contributed by atoms with Crippen molar-refractivity contribution in [2.75, 3.05) is 21.3 Å². The van der Waals surface area contributed by atoms with Crippen LogP contribution in [0.5, 0.6) is 11.5 Å². The third-order valence-corrected chi connectivity index (χ3v) is 4.17. The summed E-state index contributed by atoms with van der Waals surface area (Å²) in [6.45, 7) is 0.873. The van der Waals surface area contributed by atoms with Gasteiger partial charge in [0.15, 0.2) is 17.5 Å². The largest absolute Gasteiger partial charge is 0.493 e. The molecule has 0 amide bonds. The molecule has 0 fully saturated rings. The van der Waals surface area contributed by atoms with Gasteiger partial charge in [0.05, 0.1) is 18.7 Å². The van der Waals surface area contributed by atoms with Crippen molar-refractivity contribution in [1.82, 2.24) is 10.6 Å². The van der Waals surface area contributed by atoms with Crippen LogP contribution in [0.3, 0.4) is 0 Å². The molecule has 8 heteroatoms. The van der Waals surface area contributed by atoms with Crippen LogP contribution in [0.4, 0.5) is 4.39 Å². The summed E-state index contributed by atoms with van der Waals surface area (Å²) in [6.07, 6.45) is 0. The molecular weight excluding hydrogens is 516 g/mol. The maximum absolute atomic E-state index is 13.7. The van der Waals surface area contributed by atoms with E-state index in [-0.39, 0.29) is 29.8 Å². The number of halogens is 3. The molecule has 0 aromatic heterocycles. The standard InChI is InChI=1S/C18H21BrFN3O2.HI/c1-21-18(23-11-13-6-4-5-7-15(13)20)22-10-12-8-14(19)17(25-3)16(9-12)24-2;/h4-9H,10-11H2,1-3H3,(H2,21,22,23);1H. The Hall–Kier alpha value is -1.55. The van der Waals surface area contributed by atoms with Crippen LogP contribution in [0.2, 0.25) is 0 Å². The van der Waals surface area contributed by atoms with Gasteiger partial charge in [-0.15, -0.1) is 24.0 Å². The van der Waals surface area contributed by atoms with Gasteiger partial charge in [0, 0.05) is 25.7 Å². The molecule has 26 heavy (non-hydrogen) atoms. The fourth-order valence-corrected chi connectivity index (χ4v) is 2.95. The van der Waals surface area contributed by atoms with Gasteiger partial charge in [-0.2, -0.15) is 0 Å². The summed E-state index contributed by atoms with van der Waals surface area (Å²) in [6, 6.07) is 10.5. The minimum atomic E-state index is -0.241. The fourth-order valence-electron chi connectivity index (χ4n) is 2.30. The number of hydrogen-bond acceptors (Lipinski definition) is 3. The van der Waals surface area contributed by atoms with Gasteiger partial charge in [0.2, 0.25) is 0 Å². The topological polar surface area (TPSA) is 54.9 Å². The van der Waals surface area contributed by atoms with Crippen LogP contribution in [-0.4, -0.2) is 27.2 Å². The van der Waals surface area contributed by atoms with Gasteiger partial charge in [-0.1, -0.05) is 18.2 Å². The van der Waals surface area contributed by atoms with E-state index >= 15 is 0 Å². The van der Waals surface area contributed by atoms with E-state index in [1.807, 2.05) is 12.1 Å². The normalized spacial score (nSPS) is 10.7. The average molecular weight is 538 g/mol. The van der Waals surface area contributed by atoms with Crippen LogP contribution >= 0.6 is 39.9 Å². The molecule has 5 nitrogen and oxygen atoms in total. The number of hydrogen-bond donors (Lipinski definition) is 2. The van der Waals surface area contributed by atoms with E-state index < -0.39 is 0 Å². The molecule has 2 rings (SSSR count). The number of ether oxygens (including phenoxy) is 2. The van der Waals surface area contributed by atoms with E-state index in [0.717, 1.165) is 10.0 Å². The maximum atomic E-state index is 13.7. The third-order valence-electron chi connectivity index (χ3n) is 3.58. The molecule has 2 N–H and O–H groups in total. The highest BCUT2D eigenvalue weighted by molar-refractivity contribution is 14.0. The first-order valence-electron chi connectivity index (χ1n) is 7.67. The lowest BCUT2D eigenvalue weighted by Crippen LogP contribution is -2.36. The Bertz CT molecular complexity index is 759. The van der Waals surface area contributed by atoms with Crippen LogP contribution in [-0.2, 0) is 13.1 Å². The summed E-state index contributed by atoms with van der Waals surface area (Å²) in [5, 5.41) is 6.28. The second-order valence-corrected chi connectivity index (χ2v) is 6.04. The first-order chi connectivity index (χ1) is 12.1. The minimum Gasteiger partial charge on any atom is -0.493 e. The second-order valence-electron chi connectivity index (χ2n) is 5.18. The number of guanidine groups is 1. The molecular formula is C18H22BrFIN3O2. The Morgan fingerprint density at radius 2 is 1.81 bits per heavy atom. The van der Waals surface area contributed by atoms with E-state index in [4.69, 9.17) is 9.47 Å². The van der Waals surface area contributed by atoms with Gasteiger partial charge in [0.1, 0.15) is 5.82 Å². The molecule has 0 bridgehead atoms. The molecule has 0 heterocycles. The van der Waals surface area contributed by atoms with E-state index in [1.54, 1.807) is 39.5 Å². The van der Waals surface area contributed by atoms with Crippen LogP contribution in [0.25, 0.3) is 0 Å². The van der Waals surface area contributed by atoms with Gasteiger partial charge >= 0.3 is 0 Å². The van der Waals surface area contributed by atoms with Crippen LogP contribution in [0, 0.1) is 5.82 Å². The zero-order chi connectivity index (χ0) is 18.2. The quantitative estimate of drug-likeness (QED) is 0.331. The predicted octanol–water partition coefficient (Wildman–Crippen LogP) is 4.09. The van der Waals surface area contributed by atoms with Crippen molar-refractivity contribution in [2.45, 2.75) is 13.1 Å². The highest BCUT2D eigenvalue weighted by Gasteiger charge is 2.11. The minimum absolute atomic E-state index is 0. The Morgan fingerprint density at radius 3 is 2.42 bits per heavy atom. The molecule has 142 valence electrons. The molecule has 0 aliphatic carbocycles. The molecule has 0 saturated carbocycles. The Kier molecular flexibility index (Phi) is 9.71. The Morgan fingerprint density at radius 1 is 1.12 bits per heavy atom. The lowest BCUT2D eigenvalue weighted by Gasteiger charge is -2.15. The number of aliphatic imine (C=N–C) groups is 1. The van der Waals surface area contributed by atoms with Gasteiger partial charge < -0.3 is 20.1 Å². The molecule has 0 unspecified atom stereocenters. The second kappa shape index (κ2) is 11.2. The van der Waals surface area contributed by atoms with Gasteiger partial charge in [0.25, 0.3) is 0 Å². The summed E-state index contributed by atoms with van der Waals surface area (Å²) in [5.41, 5.74) is 1.57. The molecule has 0 aliphatic heterocycles. The van der Waals surface area contributed by atoms with Crippen molar-refractivity contribution < 1.29 is 13.9 Å². The third kappa shape index (κ3) is 6.01. The average Bonchev–Trinajstić information content (AvgIpc) is 2.62. The number of methoxy groups -OCH3 is 2. The molecule has 0 aliphatic rings. The van der Waals surface area contributed by atoms with Crippen molar-refractivity contribution in [3.8, 4) is 11.5 Å². The number of rotatable bonds is 6. The summed E-state index contributed by atoms with van der Waals surface area (Å²) < 4.78 is 25.1. The lowest BCUT2D eigenvalue weighted by molar-refractivity contribution is 0.352. The fraction of sp³-hybridized carbons (Fsp3) is 0.278. The van der Waals surface area contributed by atoms with E-state index in [1.165, 1.54) is 6.07 Å². The first-order valence-corrected chi connectivity index (χ1v) is 8.46. The smallest absolute Gasteiger partial charge is 0.191 e. The first kappa shape index (κ1) is 22.5. The molecule has 0 radical (unpaired) electrons. The van der Waals surface area contributed by atoms with Crippen LogP contribution in [0.15, 0.2) is 45.9 Å². The highest BCUT2D eigenvalue weighted by atomic mass is 127. The number of nitrogens with zero attached hydrogens (tertiary/aromatic N) is 1. The zero-order valence-electron chi connectivity index (χ0n) is 14.8. The monoisotopic (exact) mass is 537 g/mol.